The second-order valence-corrected chi connectivity index (χ2v) is 6.15. The fourth-order valence-electron chi connectivity index (χ4n) is 2.66. The van der Waals surface area contributed by atoms with Gasteiger partial charge in [0, 0.05) is 12.1 Å². The predicted molar refractivity (Wildman–Crippen MR) is 80.4 cm³/mol. The molecule has 0 radical (unpaired) electrons. The predicted octanol–water partition coefficient (Wildman–Crippen LogP) is 4.28. The van der Waals surface area contributed by atoms with Crippen LogP contribution >= 0.6 is 0 Å². The zero-order valence-corrected chi connectivity index (χ0v) is 12.6. The minimum atomic E-state index is -0.192. The molecule has 0 aromatic heterocycles. The summed E-state index contributed by atoms with van der Waals surface area (Å²) < 4.78 is 19.5. The summed E-state index contributed by atoms with van der Waals surface area (Å²) in [6, 6.07) is 4.85. The minimum absolute atomic E-state index is 0.192. The van der Waals surface area contributed by atoms with E-state index in [1.807, 2.05) is 0 Å². The quantitative estimate of drug-likeness (QED) is 0.839. The number of halogens is 1. The fourth-order valence-corrected chi connectivity index (χ4v) is 2.66. The van der Waals surface area contributed by atoms with Crippen LogP contribution in [0, 0.1) is 11.7 Å². The Morgan fingerprint density at radius 2 is 2.00 bits per heavy atom. The van der Waals surface area contributed by atoms with E-state index in [1.165, 1.54) is 25.3 Å². The van der Waals surface area contributed by atoms with Gasteiger partial charge >= 0.3 is 0 Å². The van der Waals surface area contributed by atoms with E-state index >= 15 is 0 Å². The summed E-state index contributed by atoms with van der Waals surface area (Å²) in [4.78, 5) is 0. The first kappa shape index (κ1) is 15.3. The van der Waals surface area contributed by atoms with E-state index in [0.29, 0.717) is 18.6 Å². The number of ether oxygens (including phenoxy) is 1. The molecule has 0 bridgehead atoms. The molecule has 2 nitrogen and oxygen atoms in total. The molecule has 3 heteroatoms. The highest BCUT2D eigenvalue weighted by Crippen LogP contribution is 2.26. The Labute approximate surface area is 121 Å². The Morgan fingerprint density at radius 3 is 2.70 bits per heavy atom. The van der Waals surface area contributed by atoms with Crippen LogP contribution in [0.5, 0.6) is 5.75 Å². The SMILES string of the molecule is CC(C)CNCc1cc(F)ccc1OC1CCCCC1. The van der Waals surface area contributed by atoms with E-state index in [2.05, 4.69) is 19.2 Å². The van der Waals surface area contributed by atoms with Crippen LogP contribution in [0.2, 0.25) is 0 Å². The third-order valence-electron chi connectivity index (χ3n) is 3.74. The van der Waals surface area contributed by atoms with Crippen molar-refractivity contribution in [2.24, 2.45) is 5.92 Å². The molecule has 0 amide bonds. The largest absolute Gasteiger partial charge is 0.490 e. The lowest BCUT2D eigenvalue weighted by Gasteiger charge is -2.24. The van der Waals surface area contributed by atoms with Crippen LogP contribution in [0.3, 0.4) is 0 Å². The zero-order valence-electron chi connectivity index (χ0n) is 12.6. The van der Waals surface area contributed by atoms with Gasteiger partial charge in [-0.05, 0) is 56.3 Å². The van der Waals surface area contributed by atoms with Gasteiger partial charge < -0.3 is 10.1 Å². The van der Waals surface area contributed by atoms with Gasteiger partial charge in [0.25, 0.3) is 0 Å². The average molecular weight is 279 g/mol. The van der Waals surface area contributed by atoms with Crippen molar-refractivity contribution in [1.82, 2.24) is 5.32 Å². The van der Waals surface area contributed by atoms with Crippen LogP contribution in [0.1, 0.15) is 51.5 Å². The maximum absolute atomic E-state index is 13.4. The van der Waals surface area contributed by atoms with E-state index in [-0.39, 0.29) is 5.82 Å². The molecule has 1 aliphatic rings. The lowest BCUT2D eigenvalue weighted by Crippen LogP contribution is -2.22. The van der Waals surface area contributed by atoms with Gasteiger partial charge in [-0.15, -0.1) is 0 Å². The number of hydrogen-bond donors (Lipinski definition) is 1. The number of hydrogen-bond acceptors (Lipinski definition) is 2. The van der Waals surface area contributed by atoms with Gasteiger partial charge in [-0.2, -0.15) is 0 Å². The van der Waals surface area contributed by atoms with Gasteiger partial charge in [0.15, 0.2) is 0 Å². The number of benzene rings is 1. The van der Waals surface area contributed by atoms with Crippen molar-refractivity contribution >= 4 is 0 Å². The van der Waals surface area contributed by atoms with Crippen molar-refractivity contribution in [2.45, 2.75) is 58.6 Å². The Bertz CT molecular complexity index is 413. The summed E-state index contributed by atoms with van der Waals surface area (Å²) in [6.45, 7) is 5.92. The highest BCUT2D eigenvalue weighted by atomic mass is 19.1. The average Bonchev–Trinajstić information content (AvgIpc) is 2.42. The summed E-state index contributed by atoms with van der Waals surface area (Å²) in [7, 11) is 0. The van der Waals surface area contributed by atoms with Crippen molar-refractivity contribution in [3.05, 3.63) is 29.6 Å². The molecule has 1 aromatic carbocycles. The molecule has 1 N–H and O–H groups in total. The van der Waals surface area contributed by atoms with Crippen molar-refractivity contribution in [3.63, 3.8) is 0 Å². The van der Waals surface area contributed by atoms with Crippen LogP contribution in [-0.2, 0) is 6.54 Å². The number of rotatable bonds is 6. The lowest BCUT2D eigenvalue weighted by atomic mass is 9.97. The fraction of sp³-hybridized carbons (Fsp3) is 0.647. The third kappa shape index (κ3) is 4.78. The second-order valence-electron chi connectivity index (χ2n) is 6.15. The zero-order chi connectivity index (χ0) is 14.4. The van der Waals surface area contributed by atoms with E-state index in [4.69, 9.17) is 4.74 Å². The summed E-state index contributed by atoms with van der Waals surface area (Å²) in [6.07, 6.45) is 6.34. The second kappa shape index (κ2) is 7.63. The maximum atomic E-state index is 13.4. The monoisotopic (exact) mass is 279 g/mol. The van der Waals surface area contributed by atoms with Crippen molar-refractivity contribution in [1.29, 1.82) is 0 Å². The molecule has 20 heavy (non-hydrogen) atoms. The summed E-state index contributed by atoms with van der Waals surface area (Å²) in [5, 5.41) is 3.36. The summed E-state index contributed by atoms with van der Waals surface area (Å²) >= 11 is 0. The maximum Gasteiger partial charge on any atom is 0.124 e. The third-order valence-corrected chi connectivity index (χ3v) is 3.74. The summed E-state index contributed by atoms with van der Waals surface area (Å²) in [5.41, 5.74) is 0.927. The molecule has 1 fully saturated rings. The van der Waals surface area contributed by atoms with Crippen molar-refractivity contribution < 1.29 is 9.13 Å². The topological polar surface area (TPSA) is 21.3 Å². The summed E-state index contributed by atoms with van der Waals surface area (Å²) in [5.74, 6) is 1.24. The lowest BCUT2D eigenvalue weighted by molar-refractivity contribution is 0.153. The molecule has 1 saturated carbocycles. The first-order valence-electron chi connectivity index (χ1n) is 7.81. The Morgan fingerprint density at radius 1 is 1.25 bits per heavy atom. The van der Waals surface area contributed by atoms with Gasteiger partial charge in [0.1, 0.15) is 11.6 Å². The smallest absolute Gasteiger partial charge is 0.124 e. The van der Waals surface area contributed by atoms with Gasteiger partial charge in [-0.3, -0.25) is 0 Å². The molecule has 1 aliphatic carbocycles. The van der Waals surface area contributed by atoms with Crippen molar-refractivity contribution in [3.8, 4) is 5.75 Å². The molecule has 0 heterocycles. The molecule has 0 spiro atoms. The van der Waals surface area contributed by atoms with E-state index in [1.54, 1.807) is 12.1 Å². The number of nitrogens with one attached hydrogen (secondary N) is 1. The first-order chi connectivity index (χ1) is 9.65. The molecule has 0 atom stereocenters. The van der Waals surface area contributed by atoms with Crippen LogP contribution < -0.4 is 10.1 Å². The van der Waals surface area contributed by atoms with E-state index in [0.717, 1.165) is 30.7 Å². The molecule has 0 unspecified atom stereocenters. The highest BCUT2D eigenvalue weighted by molar-refractivity contribution is 5.34. The first-order valence-corrected chi connectivity index (χ1v) is 7.81. The highest BCUT2D eigenvalue weighted by Gasteiger charge is 2.16. The van der Waals surface area contributed by atoms with Gasteiger partial charge in [-0.1, -0.05) is 20.3 Å². The van der Waals surface area contributed by atoms with E-state index < -0.39 is 0 Å². The Hall–Kier alpha value is -1.09. The molecule has 2 rings (SSSR count). The van der Waals surface area contributed by atoms with Crippen LogP contribution in [0.25, 0.3) is 0 Å². The molecule has 0 aliphatic heterocycles. The van der Waals surface area contributed by atoms with Crippen molar-refractivity contribution in [2.75, 3.05) is 6.54 Å². The minimum Gasteiger partial charge on any atom is -0.490 e. The molecular formula is C17H26FNO. The normalized spacial score (nSPS) is 16.6. The molecular weight excluding hydrogens is 253 g/mol. The van der Waals surface area contributed by atoms with Crippen LogP contribution in [-0.4, -0.2) is 12.6 Å². The van der Waals surface area contributed by atoms with Crippen LogP contribution in [0.4, 0.5) is 4.39 Å². The van der Waals surface area contributed by atoms with E-state index in [9.17, 15) is 4.39 Å². The standard InChI is InChI=1S/C17H26FNO/c1-13(2)11-19-12-14-10-15(18)8-9-17(14)20-16-6-4-3-5-7-16/h8-10,13,16,19H,3-7,11-12H2,1-2H3. The Kier molecular flexibility index (Phi) is 5.84. The molecule has 112 valence electrons. The Balaban J connectivity index is 1.98. The van der Waals surface area contributed by atoms with Gasteiger partial charge in [0.05, 0.1) is 6.10 Å². The van der Waals surface area contributed by atoms with Crippen LogP contribution in [0.15, 0.2) is 18.2 Å². The van der Waals surface area contributed by atoms with Gasteiger partial charge in [-0.25, -0.2) is 4.39 Å². The molecule has 0 saturated heterocycles. The molecule has 1 aromatic rings. The van der Waals surface area contributed by atoms with Gasteiger partial charge in [0.2, 0.25) is 0 Å².